The second-order valence-electron chi connectivity index (χ2n) is 6.71. The number of aryl methyl sites for hydroxylation is 1. The summed E-state index contributed by atoms with van der Waals surface area (Å²) in [5, 5.41) is 17.1. The molecule has 1 saturated heterocycles. The fourth-order valence-corrected chi connectivity index (χ4v) is 3.60. The van der Waals surface area contributed by atoms with E-state index >= 15 is 0 Å². The molecule has 1 aliphatic rings. The van der Waals surface area contributed by atoms with E-state index in [0.29, 0.717) is 24.2 Å². The van der Waals surface area contributed by atoms with E-state index < -0.39 is 0 Å². The SMILES string of the molecule is CCn1c(Cn2cccn2)nnc1C1CCN(Cc2nc(C)no2)CC1. The van der Waals surface area contributed by atoms with Crippen LogP contribution in [0.15, 0.2) is 23.0 Å². The largest absolute Gasteiger partial charge is 0.338 e. The van der Waals surface area contributed by atoms with Gasteiger partial charge in [0, 0.05) is 24.9 Å². The molecule has 0 aliphatic carbocycles. The van der Waals surface area contributed by atoms with Crippen molar-refractivity contribution >= 4 is 0 Å². The first-order chi connectivity index (χ1) is 12.7. The van der Waals surface area contributed by atoms with Crippen LogP contribution in [0.4, 0.5) is 0 Å². The summed E-state index contributed by atoms with van der Waals surface area (Å²) in [6, 6.07) is 1.92. The van der Waals surface area contributed by atoms with Crippen LogP contribution in [0.5, 0.6) is 0 Å². The van der Waals surface area contributed by atoms with E-state index in [-0.39, 0.29) is 0 Å². The zero-order chi connectivity index (χ0) is 17.9. The zero-order valence-corrected chi connectivity index (χ0v) is 15.2. The van der Waals surface area contributed by atoms with Gasteiger partial charge in [-0.3, -0.25) is 9.58 Å². The molecular weight excluding hydrogens is 332 g/mol. The lowest BCUT2D eigenvalue weighted by molar-refractivity contribution is 0.177. The van der Waals surface area contributed by atoms with Crippen LogP contribution in [0.1, 0.15) is 49.0 Å². The third kappa shape index (κ3) is 3.52. The standard InChI is InChI=1S/C17H24N8O/c1-3-25-15(11-24-8-4-7-18-24)20-21-17(25)14-5-9-23(10-6-14)12-16-19-13(2)22-26-16/h4,7-8,14H,3,5-6,9-12H2,1-2H3. The van der Waals surface area contributed by atoms with Crippen molar-refractivity contribution in [2.75, 3.05) is 13.1 Å². The number of aromatic nitrogens is 7. The van der Waals surface area contributed by atoms with E-state index in [1.807, 2.05) is 23.9 Å². The van der Waals surface area contributed by atoms with Crippen LogP contribution in [0, 0.1) is 6.92 Å². The maximum absolute atomic E-state index is 5.23. The molecular formula is C17H24N8O. The highest BCUT2D eigenvalue weighted by Gasteiger charge is 2.26. The number of likely N-dealkylation sites (tertiary alicyclic amines) is 1. The van der Waals surface area contributed by atoms with Crippen molar-refractivity contribution in [2.24, 2.45) is 0 Å². The van der Waals surface area contributed by atoms with Gasteiger partial charge in [-0.15, -0.1) is 10.2 Å². The molecule has 3 aromatic rings. The average molecular weight is 356 g/mol. The monoisotopic (exact) mass is 356 g/mol. The van der Waals surface area contributed by atoms with Gasteiger partial charge in [-0.1, -0.05) is 5.16 Å². The molecule has 0 bridgehead atoms. The third-order valence-electron chi connectivity index (χ3n) is 4.92. The molecule has 1 fully saturated rings. The minimum Gasteiger partial charge on any atom is -0.338 e. The van der Waals surface area contributed by atoms with Gasteiger partial charge in [0.25, 0.3) is 0 Å². The Morgan fingerprint density at radius 2 is 2.04 bits per heavy atom. The Morgan fingerprint density at radius 3 is 2.69 bits per heavy atom. The van der Waals surface area contributed by atoms with Crippen molar-refractivity contribution in [3.8, 4) is 0 Å². The summed E-state index contributed by atoms with van der Waals surface area (Å²) in [6.07, 6.45) is 5.86. The van der Waals surface area contributed by atoms with Gasteiger partial charge in [0.2, 0.25) is 5.89 Å². The maximum Gasteiger partial charge on any atom is 0.240 e. The fraction of sp³-hybridized carbons (Fsp3) is 0.588. The Labute approximate surface area is 152 Å². The average Bonchev–Trinajstić information content (AvgIpc) is 3.38. The number of nitrogens with zero attached hydrogens (tertiary/aromatic N) is 8. The van der Waals surface area contributed by atoms with Crippen LogP contribution >= 0.6 is 0 Å². The van der Waals surface area contributed by atoms with Crippen molar-refractivity contribution in [3.05, 3.63) is 41.8 Å². The molecule has 1 aliphatic heterocycles. The van der Waals surface area contributed by atoms with Gasteiger partial charge >= 0.3 is 0 Å². The van der Waals surface area contributed by atoms with Gasteiger partial charge < -0.3 is 9.09 Å². The minimum atomic E-state index is 0.439. The van der Waals surface area contributed by atoms with Crippen LogP contribution in [0.25, 0.3) is 0 Å². The van der Waals surface area contributed by atoms with Crippen LogP contribution in [0.2, 0.25) is 0 Å². The highest BCUT2D eigenvalue weighted by atomic mass is 16.5. The van der Waals surface area contributed by atoms with Crippen LogP contribution in [0.3, 0.4) is 0 Å². The summed E-state index contributed by atoms with van der Waals surface area (Å²) in [7, 11) is 0. The van der Waals surface area contributed by atoms with E-state index in [4.69, 9.17) is 4.52 Å². The smallest absolute Gasteiger partial charge is 0.240 e. The maximum atomic E-state index is 5.23. The molecule has 9 heteroatoms. The Hall–Kier alpha value is -2.55. The van der Waals surface area contributed by atoms with Gasteiger partial charge in [0.1, 0.15) is 12.4 Å². The molecule has 0 amide bonds. The second-order valence-corrected chi connectivity index (χ2v) is 6.71. The number of rotatable bonds is 6. The molecule has 9 nitrogen and oxygen atoms in total. The normalized spacial score (nSPS) is 16.4. The fourth-order valence-electron chi connectivity index (χ4n) is 3.60. The Kier molecular flexibility index (Phi) is 4.79. The molecule has 0 spiro atoms. The summed E-state index contributed by atoms with van der Waals surface area (Å²) in [6.45, 7) is 8.24. The lowest BCUT2D eigenvalue weighted by atomic mass is 9.96. The van der Waals surface area contributed by atoms with Crippen molar-refractivity contribution in [3.63, 3.8) is 0 Å². The first kappa shape index (κ1) is 16.9. The first-order valence-corrected chi connectivity index (χ1v) is 9.14. The van der Waals surface area contributed by atoms with Crippen molar-refractivity contribution in [1.82, 2.24) is 39.6 Å². The molecule has 138 valence electrons. The number of piperidine rings is 1. The molecule has 0 aromatic carbocycles. The van der Waals surface area contributed by atoms with Crippen LogP contribution in [-0.2, 0) is 19.6 Å². The first-order valence-electron chi connectivity index (χ1n) is 9.14. The van der Waals surface area contributed by atoms with E-state index in [1.54, 1.807) is 6.20 Å². The van der Waals surface area contributed by atoms with Gasteiger partial charge in [-0.05, 0) is 45.8 Å². The van der Waals surface area contributed by atoms with Gasteiger partial charge in [0.15, 0.2) is 11.6 Å². The van der Waals surface area contributed by atoms with Gasteiger partial charge in [0.05, 0.1) is 6.54 Å². The molecule has 26 heavy (non-hydrogen) atoms. The Bertz CT molecular complexity index is 829. The molecule has 0 saturated carbocycles. The number of hydrogen-bond donors (Lipinski definition) is 0. The summed E-state index contributed by atoms with van der Waals surface area (Å²) in [5.41, 5.74) is 0. The van der Waals surface area contributed by atoms with Gasteiger partial charge in [-0.25, -0.2) is 0 Å². The Balaban J connectivity index is 1.40. The molecule has 0 unspecified atom stereocenters. The number of hydrogen-bond acceptors (Lipinski definition) is 7. The summed E-state index contributed by atoms with van der Waals surface area (Å²) in [4.78, 5) is 6.66. The van der Waals surface area contributed by atoms with E-state index in [0.717, 1.165) is 50.7 Å². The van der Waals surface area contributed by atoms with Gasteiger partial charge in [-0.2, -0.15) is 10.1 Å². The molecule has 0 N–H and O–H groups in total. The summed E-state index contributed by atoms with van der Waals surface area (Å²) in [5.74, 6) is 3.89. The molecule has 4 heterocycles. The van der Waals surface area contributed by atoms with E-state index in [9.17, 15) is 0 Å². The lowest BCUT2D eigenvalue weighted by Crippen LogP contribution is -2.33. The van der Waals surface area contributed by atoms with Crippen molar-refractivity contribution in [1.29, 1.82) is 0 Å². The zero-order valence-electron chi connectivity index (χ0n) is 15.2. The van der Waals surface area contributed by atoms with E-state index in [2.05, 4.69) is 41.8 Å². The molecule has 4 rings (SSSR count). The van der Waals surface area contributed by atoms with E-state index in [1.165, 1.54) is 0 Å². The second kappa shape index (κ2) is 7.36. The predicted molar refractivity (Wildman–Crippen MR) is 93.3 cm³/mol. The summed E-state index contributed by atoms with van der Waals surface area (Å²) < 4.78 is 9.35. The third-order valence-corrected chi connectivity index (χ3v) is 4.92. The molecule has 0 atom stereocenters. The van der Waals surface area contributed by atoms with Crippen molar-refractivity contribution in [2.45, 2.75) is 52.2 Å². The quantitative estimate of drug-likeness (QED) is 0.663. The van der Waals surface area contributed by atoms with Crippen LogP contribution < -0.4 is 0 Å². The minimum absolute atomic E-state index is 0.439. The highest BCUT2D eigenvalue weighted by Crippen LogP contribution is 2.28. The summed E-state index contributed by atoms with van der Waals surface area (Å²) >= 11 is 0. The Morgan fingerprint density at radius 1 is 1.19 bits per heavy atom. The molecule has 3 aromatic heterocycles. The topological polar surface area (TPSA) is 90.7 Å². The van der Waals surface area contributed by atoms with Crippen LogP contribution in [-0.4, -0.2) is 52.7 Å². The molecule has 0 radical (unpaired) electrons. The predicted octanol–water partition coefficient (Wildman–Crippen LogP) is 1.61. The lowest BCUT2D eigenvalue weighted by Gasteiger charge is -2.30. The van der Waals surface area contributed by atoms with Crippen molar-refractivity contribution < 1.29 is 4.52 Å². The highest BCUT2D eigenvalue weighted by molar-refractivity contribution is 5.05.